The monoisotopic (exact) mass is 234 g/mol. The van der Waals surface area contributed by atoms with Gasteiger partial charge in [-0.15, -0.1) is 0 Å². The minimum Gasteiger partial charge on any atom is -0.481 e. The van der Waals surface area contributed by atoms with Crippen LogP contribution in [0.25, 0.3) is 0 Å². The van der Waals surface area contributed by atoms with Crippen molar-refractivity contribution < 1.29 is 14.6 Å². The Morgan fingerprint density at radius 3 is 2.29 bits per heavy atom. The Morgan fingerprint density at radius 1 is 1.35 bits per heavy atom. The summed E-state index contributed by atoms with van der Waals surface area (Å²) in [6.07, 6.45) is 2.55. The first kappa shape index (κ1) is 12.1. The summed E-state index contributed by atoms with van der Waals surface area (Å²) in [7, 11) is 1.67. The number of methoxy groups -OCH3 is 1. The van der Waals surface area contributed by atoms with Gasteiger partial charge in [0.05, 0.1) is 11.5 Å². The van der Waals surface area contributed by atoms with E-state index < -0.39 is 11.4 Å². The number of hydrogen-bond donors (Lipinski definition) is 1. The summed E-state index contributed by atoms with van der Waals surface area (Å²) >= 11 is 0. The normalized spacial score (nSPS) is 19.4. The van der Waals surface area contributed by atoms with Gasteiger partial charge in [-0.1, -0.05) is 30.7 Å². The number of hydrogen-bond acceptors (Lipinski definition) is 2. The Bertz CT molecular complexity index is 404. The predicted octanol–water partition coefficient (Wildman–Crippen LogP) is 2.90. The van der Waals surface area contributed by atoms with Crippen molar-refractivity contribution in [3.05, 3.63) is 35.4 Å². The van der Waals surface area contributed by atoms with Crippen LogP contribution >= 0.6 is 0 Å². The Labute approximate surface area is 101 Å². The number of carbonyl (C=O) groups is 1. The van der Waals surface area contributed by atoms with Crippen LogP contribution < -0.4 is 0 Å². The van der Waals surface area contributed by atoms with Crippen LogP contribution in [0.3, 0.4) is 0 Å². The standard InChI is InChI=1S/C14H18O3/c1-10(17-2)11-4-6-12(7-5-11)14(13(15)16)8-3-9-14/h4-7,10H,3,8-9H2,1-2H3,(H,15,16). The van der Waals surface area contributed by atoms with Crippen molar-refractivity contribution in [1.82, 2.24) is 0 Å². The molecule has 1 aromatic carbocycles. The number of benzene rings is 1. The predicted molar refractivity (Wildman–Crippen MR) is 65.0 cm³/mol. The van der Waals surface area contributed by atoms with Gasteiger partial charge >= 0.3 is 5.97 Å². The van der Waals surface area contributed by atoms with E-state index in [2.05, 4.69) is 0 Å². The summed E-state index contributed by atoms with van der Waals surface area (Å²) in [4.78, 5) is 11.4. The van der Waals surface area contributed by atoms with E-state index >= 15 is 0 Å². The van der Waals surface area contributed by atoms with Crippen LogP contribution in [-0.4, -0.2) is 18.2 Å². The maximum Gasteiger partial charge on any atom is 0.314 e. The van der Waals surface area contributed by atoms with Crippen LogP contribution in [-0.2, 0) is 14.9 Å². The van der Waals surface area contributed by atoms with Crippen molar-refractivity contribution in [2.75, 3.05) is 7.11 Å². The Balaban J connectivity index is 2.26. The molecular formula is C14H18O3. The van der Waals surface area contributed by atoms with E-state index in [1.54, 1.807) is 7.11 Å². The molecule has 1 fully saturated rings. The zero-order valence-corrected chi connectivity index (χ0v) is 10.3. The average molecular weight is 234 g/mol. The number of ether oxygens (including phenoxy) is 1. The van der Waals surface area contributed by atoms with Crippen LogP contribution in [0.2, 0.25) is 0 Å². The number of carboxylic acid groups (broad SMARTS) is 1. The molecule has 1 aliphatic carbocycles. The van der Waals surface area contributed by atoms with Crippen molar-refractivity contribution in [3.63, 3.8) is 0 Å². The molecule has 0 radical (unpaired) electrons. The molecule has 1 aromatic rings. The first-order valence-electron chi connectivity index (χ1n) is 5.97. The summed E-state index contributed by atoms with van der Waals surface area (Å²) < 4.78 is 5.23. The molecule has 0 spiro atoms. The second kappa shape index (κ2) is 4.49. The lowest BCUT2D eigenvalue weighted by Crippen LogP contribution is -2.42. The van der Waals surface area contributed by atoms with Gasteiger partial charge in [0, 0.05) is 7.11 Å². The fraction of sp³-hybridized carbons (Fsp3) is 0.500. The molecule has 17 heavy (non-hydrogen) atoms. The van der Waals surface area contributed by atoms with Gasteiger partial charge in [-0.3, -0.25) is 4.79 Å². The summed E-state index contributed by atoms with van der Waals surface area (Å²) in [5, 5.41) is 9.34. The number of carboxylic acids is 1. The highest BCUT2D eigenvalue weighted by Crippen LogP contribution is 2.44. The van der Waals surface area contributed by atoms with E-state index in [0.29, 0.717) is 0 Å². The topological polar surface area (TPSA) is 46.5 Å². The fourth-order valence-electron chi connectivity index (χ4n) is 2.37. The van der Waals surface area contributed by atoms with Crippen molar-refractivity contribution in [1.29, 1.82) is 0 Å². The van der Waals surface area contributed by atoms with Gasteiger partial charge in [0.2, 0.25) is 0 Å². The fourth-order valence-corrected chi connectivity index (χ4v) is 2.37. The molecular weight excluding hydrogens is 216 g/mol. The smallest absolute Gasteiger partial charge is 0.314 e. The molecule has 0 bridgehead atoms. The minimum absolute atomic E-state index is 0.0474. The Morgan fingerprint density at radius 2 is 1.94 bits per heavy atom. The lowest BCUT2D eigenvalue weighted by molar-refractivity contribution is -0.147. The lowest BCUT2D eigenvalue weighted by Gasteiger charge is -2.38. The van der Waals surface area contributed by atoms with Gasteiger partial charge in [0.25, 0.3) is 0 Å². The van der Waals surface area contributed by atoms with E-state index in [0.717, 1.165) is 30.4 Å². The van der Waals surface area contributed by atoms with Crippen LogP contribution in [0, 0.1) is 0 Å². The van der Waals surface area contributed by atoms with Crippen LogP contribution in [0.5, 0.6) is 0 Å². The second-order valence-corrected chi connectivity index (χ2v) is 4.74. The third-order valence-electron chi connectivity index (χ3n) is 3.90. The average Bonchev–Trinajstić information content (AvgIpc) is 2.27. The Hall–Kier alpha value is -1.35. The highest BCUT2D eigenvalue weighted by atomic mass is 16.5. The highest BCUT2D eigenvalue weighted by molar-refractivity contribution is 5.82. The van der Waals surface area contributed by atoms with Gasteiger partial charge in [-0.25, -0.2) is 0 Å². The molecule has 1 N–H and O–H groups in total. The van der Waals surface area contributed by atoms with Crippen LogP contribution in [0.4, 0.5) is 0 Å². The van der Waals surface area contributed by atoms with Crippen LogP contribution in [0.15, 0.2) is 24.3 Å². The van der Waals surface area contributed by atoms with E-state index in [9.17, 15) is 9.90 Å². The highest BCUT2D eigenvalue weighted by Gasteiger charge is 2.45. The summed E-state index contributed by atoms with van der Waals surface area (Å²) in [6, 6.07) is 7.79. The molecule has 0 saturated heterocycles. The zero-order valence-electron chi connectivity index (χ0n) is 10.3. The largest absolute Gasteiger partial charge is 0.481 e. The second-order valence-electron chi connectivity index (χ2n) is 4.74. The summed E-state index contributed by atoms with van der Waals surface area (Å²) in [5.74, 6) is -0.698. The maximum atomic E-state index is 11.4. The van der Waals surface area contributed by atoms with Gasteiger partial charge in [0.1, 0.15) is 0 Å². The molecule has 0 aromatic heterocycles. The first-order chi connectivity index (χ1) is 8.10. The molecule has 0 aliphatic heterocycles. The molecule has 0 amide bonds. The third-order valence-corrected chi connectivity index (χ3v) is 3.90. The number of aliphatic carboxylic acids is 1. The maximum absolute atomic E-state index is 11.4. The van der Waals surface area contributed by atoms with Crippen molar-refractivity contribution in [3.8, 4) is 0 Å². The van der Waals surface area contributed by atoms with Gasteiger partial charge < -0.3 is 9.84 Å². The quantitative estimate of drug-likeness (QED) is 0.871. The van der Waals surface area contributed by atoms with Crippen LogP contribution in [0.1, 0.15) is 43.4 Å². The van der Waals surface area contributed by atoms with Crippen molar-refractivity contribution >= 4 is 5.97 Å². The van der Waals surface area contributed by atoms with E-state index in [1.165, 1.54) is 0 Å². The van der Waals surface area contributed by atoms with Gasteiger partial charge in [-0.2, -0.15) is 0 Å². The molecule has 1 atom stereocenters. The molecule has 1 unspecified atom stereocenters. The molecule has 2 rings (SSSR count). The van der Waals surface area contributed by atoms with E-state index in [-0.39, 0.29) is 6.10 Å². The lowest BCUT2D eigenvalue weighted by atomic mass is 9.64. The SMILES string of the molecule is COC(C)c1ccc(C2(C(=O)O)CCC2)cc1. The zero-order chi connectivity index (χ0) is 12.5. The van der Waals surface area contributed by atoms with E-state index in [1.807, 2.05) is 31.2 Å². The van der Waals surface area contributed by atoms with Gasteiger partial charge in [0.15, 0.2) is 0 Å². The van der Waals surface area contributed by atoms with Crippen molar-refractivity contribution in [2.24, 2.45) is 0 Å². The molecule has 1 saturated carbocycles. The molecule has 92 valence electrons. The minimum atomic E-state index is -0.698. The summed E-state index contributed by atoms with van der Waals surface area (Å²) in [5.41, 5.74) is 1.37. The molecule has 0 heterocycles. The first-order valence-corrected chi connectivity index (χ1v) is 5.97. The molecule has 3 nitrogen and oxygen atoms in total. The molecule has 3 heteroatoms. The Kier molecular flexibility index (Phi) is 3.20. The van der Waals surface area contributed by atoms with Gasteiger partial charge in [-0.05, 0) is 30.9 Å². The number of rotatable bonds is 4. The van der Waals surface area contributed by atoms with Crippen molar-refractivity contribution in [2.45, 2.75) is 37.7 Å². The third kappa shape index (κ3) is 1.95. The molecule has 1 aliphatic rings. The summed E-state index contributed by atoms with van der Waals surface area (Å²) in [6.45, 7) is 1.98. The van der Waals surface area contributed by atoms with E-state index in [4.69, 9.17) is 4.74 Å².